The summed E-state index contributed by atoms with van der Waals surface area (Å²) in [4.78, 5) is 8.26. The van der Waals surface area contributed by atoms with Gasteiger partial charge in [-0.05, 0) is 18.1 Å². The molecule has 19 heavy (non-hydrogen) atoms. The van der Waals surface area contributed by atoms with E-state index in [1.165, 1.54) is 4.68 Å². The molecule has 8 heteroatoms. The van der Waals surface area contributed by atoms with Crippen molar-refractivity contribution < 1.29 is 17.7 Å². The molecule has 2 rings (SSSR count). The molecule has 2 aromatic heterocycles. The predicted molar refractivity (Wildman–Crippen MR) is 66.6 cm³/mol. The second kappa shape index (κ2) is 5.37. The number of rotatable bonds is 4. The lowest BCUT2D eigenvalue weighted by atomic mass is 10.2. The molecule has 1 N–H and O–H groups in total. The van der Waals surface area contributed by atoms with Gasteiger partial charge >= 0.3 is 0 Å². The van der Waals surface area contributed by atoms with Crippen LogP contribution in [0.5, 0.6) is 0 Å². The van der Waals surface area contributed by atoms with Crippen molar-refractivity contribution in [1.29, 1.82) is 0 Å². The Morgan fingerprint density at radius 1 is 1.32 bits per heavy atom. The quantitative estimate of drug-likeness (QED) is 0.627. The summed E-state index contributed by atoms with van der Waals surface area (Å²) in [6, 6.07) is 3.49. The first-order valence-corrected chi connectivity index (χ1v) is 7.16. The van der Waals surface area contributed by atoms with Crippen molar-refractivity contribution in [3.8, 4) is 11.4 Å². The second-order valence-corrected chi connectivity index (χ2v) is 5.51. The van der Waals surface area contributed by atoms with E-state index in [9.17, 15) is 8.42 Å². The molecule has 2 aromatic rings. The van der Waals surface area contributed by atoms with Gasteiger partial charge in [0.05, 0.1) is 5.56 Å². The standard InChI is InChI=1S/C11H12N4O3S/c1-9-10(11-12-4-2-5-13-11)3-6-15(14-9)7-8-19(16,17)18/h2-6H,7-8H2,1H3/p+1. The summed E-state index contributed by atoms with van der Waals surface area (Å²) in [5, 5.41) is 4.21. The van der Waals surface area contributed by atoms with E-state index in [1.807, 2.05) is 0 Å². The maximum absolute atomic E-state index is 10.7. The zero-order valence-corrected chi connectivity index (χ0v) is 11.1. The summed E-state index contributed by atoms with van der Waals surface area (Å²) in [5.74, 6) is 0.195. The first-order chi connectivity index (χ1) is 8.96. The van der Waals surface area contributed by atoms with Gasteiger partial charge in [0.15, 0.2) is 18.6 Å². The van der Waals surface area contributed by atoms with E-state index < -0.39 is 10.1 Å². The van der Waals surface area contributed by atoms with E-state index >= 15 is 0 Å². The van der Waals surface area contributed by atoms with E-state index in [2.05, 4.69) is 15.1 Å². The van der Waals surface area contributed by atoms with Crippen LogP contribution in [0.15, 0.2) is 30.7 Å². The lowest BCUT2D eigenvalue weighted by molar-refractivity contribution is -0.750. The Morgan fingerprint density at radius 3 is 2.58 bits per heavy atom. The molecule has 0 fully saturated rings. The minimum Gasteiger partial charge on any atom is -0.285 e. The Bertz CT molecular complexity index is 674. The highest BCUT2D eigenvalue weighted by atomic mass is 32.2. The summed E-state index contributed by atoms with van der Waals surface area (Å²) in [7, 11) is -3.98. The van der Waals surface area contributed by atoms with Crippen LogP contribution < -0.4 is 4.68 Å². The van der Waals surface area contributed by atoms with Crippen LogP contribution in [0.1, 0.15) is 5.69 Å². The zero-order valence-electron chi connectivity index (χ0n) is 10.3. The molecular weight excluding hydrogens is 268 g/mol. The average Bonchev–Trinajstić information content (AvgIpc) is 2.37. The van der Waals surface area contributed by atoms with Crippen LogP contribution in [-0.4, -0.2) is 33.8 Å². The van der Waals surface area contributed by atoms with E-state index in [1.54, 1.807) is 37.6 Å². The topological polar surface area (TPSA) is 96.9 Å². The average molecular weight is 281 g/mol. The largest absolute Gasteiger partial charge is 0.285 e. The normalized spacial score (nSPS) is 11.5. The highest BCUT2D eigenvalue weighted by Crippen LogP contribution is 2.14. The Balaban J connectivity index is 2.23. The molecule has 0 saturated heterocycles. The van der Waals surface area contributed by atoms with Gasteiger partial charge in [0.1, 0.15) is 11.4 Å². The van der Waals surface area contributed by atoms with Crippen molar-refractivity contribution in [2.24, 2.45) is 0 Å². The lowest BCUT2D eigenvalue weighted by Crippen LogP contribution is -2.41. The van der Waals surface area contributed by atoms with E-state index in [-0.39, 0.29) is 12.3 Å². The van der Waals surface area contributed by atoms with Crippen molar-refractivity contribution in [3.63, 3.8) is 0 Å². The maximum atomic E-state index is 10.7. The number of nitrogens with zero attached hydrogens (tertiary/aromatic N) is 4. The van der Waals surface area contributed by atoms with Gasteiger partial charge in [0.25, 0.3) is 10.1 Å². The maximum Gasteiger partial charge on any atom is 0.271 e. The van der Waals surface area contributed by atoms with Gasteiger partial charge in [0.2, 0.25) is 0 Å². The molecule has 0 aliphatic rings. The van der Waals surface area contributed by atoms with Gasteiger partial charge in [-0.3, -0.25) is 4.55 Å². The van der Waals surface area contributed by atoms with Gasteiger partial charge in [0, 0.05) is 18.5 Å². The van der Waals surface area contributed by atoms with E-state index in [0.29, 0.717) is 11.5 Å². The number of hydrogen-bond donors (Lipinski definition) is 1. The molecule has 2 heterocycles. The zero-order chi connectivity index (χ0) is 13.9. The summed E-state index contributed by atoms with van der Waals surface area (Å²) >= 11 is 0. The van der Waals surface area contributed by atoms with Gasteiger partial charge in [-0.1, -0.05) is 4.68 Å². The van der Waals surface area contributed by atoms with Crippen LogP contribution in [0.4, 0.5) is 0 Å². The van der Waals surface area contributed by atoms with Crippen LogP contribution in [0.2, 0.25) is 0 Å². The van der Waals surface area contributed by atoms with Crippen LogP contribution in [0.3, 0.4) is 0 Å². The Kier molecular flexibility index (Phi) is 3.82. The molecular formula is C11H13N4O3S+. The molecule has 0 spiro atoms. The summed E-state index contributed by atoms with van der Waals surface area (Å²) in [5.41, 5.74) is 1.47. The Hall–Kier alpha value is -1.93. The predicted octanol–water partition coefficient (Wildman–Crippen LogP) is 0.0223. The molecule has 0 radical (unpaired) electrons. The molecule has 0 unspecified atom stereocenters. The fourth-order valence-electron chi connectivity index (χ4n) is 1.57. The van der Waals surface area contributed by atoms with Crippen LogP contribution in [0, 0.1) is 6.92 Å². The van der Waals surface area contributed by atoms with E-state index in [4.69, 9.17) is 4.55 Å². The van der Waals surface area contributed by atoms with Crippen LogP contribution >= 0.6 is 0 Å². The smallest absolute Gasteiger partial charge is 0.271 e. The van der Waals surface area contributed by atoms with Gasteiger partial charge < -0.3 is 0 Å². The van der Waals surface area contributed by atoms with Gasteiger partial charge in [-0.2, -0.15) is 8.42 Å². The molecule has 0 saturated carbocycles. The molecule has 0 aromatic carbocycles. The minimum atomic E-state index is -3.98. The summed E-state index contributed by atoms with van der Waals surface area (Å²) in [6.45, 7) is 1.88. The van der Waals surface area contributed by atoms with E-state index in [0.717, 1.165) is 5.56 Å². The first-order valence-electron chi connectivity index (χ1n) is 5.55. The molecule has 0 amide bonds. The molecule has 0 aliphatic heterocycles. The first kappa shape index (κ1) is 13.5. The molecule has 0 bridgehead atoms. The SMILES string of the molecule is Cc1n[n+](CCS(=O)(=O)O)ccc1-c1ncccn1. The third kappa shape index (κ3) is 3.76. The van der Waals surface area contributed by atoms with Gasteiger partial charge in [-0.25, -0.2) is 9.97 Å². The lowest BCUT2D eigenvalue weighted by Gasteiger charge is -2.01. The van der Waals surface area contributed by atoms with Crippen molar-refractivity contribution in [2.45, 2.75) is 13.5 Å². The summed E-state index contributed by atoms with van der Waals surface area (Å²) < 4.78 is 31.5. The van der Waals surface area contributed by atoms with Crippen LogP contribution in [0.25, 0.3) is 11.4 Å². The minimum absolute atomic E-state index is 0.0929. The Morgan fingerprint density at radius 2 is 2.00 bits per heavy atom. The third-order valence-electron chi connectivity index (χ3n) is 2.47. The fourth-order valence-corrected chi connectivity index (χ4v) is 1.99. The van der Waals surface area contributed by atoms with Gasteiger partial charge in [-0.15, -0.1) is 0 Å². The monoisotopic (exact) mass is 281 g/mol. The number of aryl methyl sites for hydroxylation is 2. The summed E-state index contributed by atoms with van der Waals surface area (Å²) in [6.07, 6.45) is 4.91. The fraction of sp³-hybridized carbons (Fsp3) is 0.273. The van der Waals surface area contributed by atoms with Crippen molar-refractivity contribution in [2.75, 3.05) is 5.75 Å². The molecule has 0 aliphatic carbocycles. The molecule has 0 atom stereocenters. The number of hydrogen-bond acceptors (Lipinski definition) is 5. The number of aromatic nitrogens is 4. The second-order valence-electron chi connectivity index (χ2n) is 3.94. The Labute approximate surface area is 110 Å². The molecule has 100 valence electrons. The van der Waals surface area contributed by atoms with Crippen molar-refractivity contribution in [3.05, 3.63) is 36.4 Å². The third-order valence-corrected chi connectivity index (χ3v) is 3.17. The highest BCUT2D eigenvalue weighted by Gasteiger charge is 2.14. The van der Waals surface area contributed by atoms with Crippen molar-refractivity contribution >= 4 is 10.1 Å². The van der Waals surface area contributed by atoms with Crippen LogP contribution in [-0.2, 0) is 16.7 Å². The molecule has 7 nitrogen and oxygen atoms in total. The highest BCUT2D eigenvalue weighted by molar-refractivity contribution is 7.85. The van der Waals surface area contributed by atoms with Crippen molar-refractivity contribution in [1.82, 2.24) is 15.1 Å².